The van der Waals surface area contributed by atoms with E-state index >= 15 is 0 Å². The van der Waals surface area contributed by atoms with E-state index in [4.69, 9.17) is 25.2 Å². The van der Waals surface area contributed by atoms with Crippen molar-refractivity contribution in [2.45, 2.75) is 17.9 Å². The molecule has 0 saturated carbocycles. The summed E-state index contributed by atoms with van der Waals surface area (Å²) in [6, 6.07) is 5.19. The smallest absolute Gasteiger partial charge is 0.277 e. The molecule has 2 aromatic heterocycles. The first-order valence-electron chi connectivity index (χ1n) is 6.25. The first-order valence-corrected chi connectivity index (χ1v) is 7.61. The van der Waals surface area contributed by atoms with E-state index in [0.29, 0.717) is 45.0 Å². The molecular weight excluding hydrogens is 328 g/mol. The van der Waals surface area contributed by atoms with Crippen molar-refractivity contribution in [3.05, 3.63) is 35.0 Å². The Kier molecular flexibility index (Phi) is 4.30. The highest BCUT2D eigenvalue weighted by atomic mass is 35.5. The van der Waals surface area contributed by atoms with Gasteiger partial charge >= 0.3 is 0 Å². The Labute approximate surface area is 135 Å². The number of methoxy groups -OCH3 is 1. The third-order valence-corrected chi connectivity index (χ3v) is 3.72. The Morgan fingerprint density at radius 3 is 2.77 bits per heavy atom. The van der Waals surface area contributed by atoms with Crippen LogP contribution in [0.2, 0.25) is 5.02 Å². The predicted octanol–water partition coefficient (Wildman–Crippen LogP) is 3.38. The maximum atomic E-state index is 6.00. The molecule has 0 N–H and O–H groups in total. The minimum atomic E-state index is 0.337. The highest BCUT2D eigenvalue weighted by Crippen LogP contribution is 2.33. The molecular formula is C13H11ClN4O3S. The molecule has 114 valence electrons. The lowest BCUT2D eigenvalue weighted by Gasteiger charge is -2.04. The molecule has 0 aliphatic heterocycles. The summed E-state index contributed by atoms with van der Waals surface area (Å²) in [5.74, 6) is 2.42. The second kappa shape index (κ2) is 6.37. The van der Waals surface area contributed by atoms with Crippen LogP contribution < -0.4 is 4.74 Å². The number of nitrogens with zero attached hydrogens (tertiary/aromatic N) is 4. The number of aromatic nitrogens is 4. The average molecular weight is 339 g/mol. The third kappa shape index (κ3) is 3.23. The van der Waals surface area contributed by atoms with Crippen LogP contribution in [0.25, 0.3) is 11.5 Å². The second-order valence-corrected chi connectivity index (χ2v) is 5.58. The second-order valence-electron chi connectivity index (χ2n) is 4.22. The maximum Gasteiger partial charge on any atom is 0.277 e. The van der Waals surface area contributed by atoms with Crippen LogP contribution in [0.1, 0.15) is 11.8 Å². The standard InChI is InChI=1S/C13H11ClN4O3S/c1-7-15-16-11(20-7)6-22-13-18-17-12(21-13)9-5-8(14)3-4-10(9)19-2/h3-5H,6H2,1-2H3. The zero-order valence-corrected chi connectivity index (χ0v) is 13.3. The Morgan fingerprint density at radius 1 is 1.18 bits per heavy atom. The van der Waals surface area contributed by atoms with Gasteiger partial charge in [-0.3, -0.25) is 0 Å². The molecule has 0 spiro atoms. The topological polar surface area (TPSA) is 87.1 Å². The molecule has 2 heterocycles. The Balaban J connectivity index is 1.77. The molecule has 0 fully saturated rings. The summed E-state index contributed by atoms with van der Waals surface area (Å²) in [6.45, 7) is 1.73. The van der Waals surface area contributed by atoms with E-state index in [1.807, 2.05) is 0 Å². The molecule has 0 aliphatic rings. The SMILES string of the molecule is COc1ccc(Cl)cc1-c1nnc(SCc2nnc(C)o2)o1. The number of rotatable bonds is 5. The monoisotopic (exact) mass is 338 g/mol. The summed E-state index contributed by atoms with van der Waals surface area (Å²) in [6.07, 6.45) is 0. The van der Waals surface area contributed by atoms with Gasteiger partial charge in [-0.15, -0.1) is 20.4 Å². The lowest BCUT2D eigenvalue weighted by atomic mass is 10.2. The van der Waals surface area contributed by atoms with Gasteiger partial charge in [-0.2, -0.15) is 0 Å². The van der Waals surface area contributed by atoms with E-state index in [-0.39, 0.29) is 0 Å². The van der Waals surface area contributed by atoms with Gasteiger partial charge in [0.2, 0.25) is 11.8 Å². The fourth-order valence-corrected chi connectivity index (χ4v) is 2.52. The Hall–Kier alpha value is -2.06. The van der Waals surface area contributed by atoms with Crippen LogP contribution in [0, 0.1) is 6.92 Å². The maximum absolute atomic E-state index is 6.00. The molecule has 0 atom stereocenters. The zero-order valence-electron chi connectivity index (χ0n) is 11.7. The molecule has 7 nitrogen and oxygen atoms in total. The summed E-state index contributed by atoms with van der Waals surface area (Å²) in [7, 11) is 1.57. The molecule has 1 aromatic carbocycles. The Morgan fingerprint density at radius 2 is 2.05 bits per heavy atom. The van der Waals surface area contributed by atoms with E-state index in [1.165, 1.54) is 11.8 Å². The normalized spacial score (nSPS) is 10.9. The lowest BCUT2D eigenvalue weighted by Crippen LogP contribution is -1.87. The number of halogens is 1. The minimum absolute atomic E-state index is 0.337. The van der Waals surface area contributed by atoms with E-state index in [1.54, 1.807) is 32.2 Å². The summed E-state index contributed by atoms with van der Waals surface area (Å²) >= 11 is 7.31. The van der Waals surface area contributed by atoms with E-state index in [2.05, 4.69) is 20.4 Å². The van der Waals surface area contributed by atoms with Gasteiger partial charge in [0.15, 0.2) is 0 Å². The number of ether oxygens (including phenoxy) is 1. The molecule has 0 unspecified atom stereocenters. The fraction of sp³-hybridized carbons (Fsp3) is 0.231. The van der Waals surface area contributed by atoms with Crippen LogP contribution in [-0.4, -0.2) is 27.5 Å². The molecule has 0 amide bonds. The summed E-state index contributed by atoms with van der Waals surface area (Å²) < 4.78 is 16.2. The van der Waals surface area contributed by atoms with Crippen molar-refractivity contribution >= 4 is 23.4 Å². The van der Waals surface area contributed by atoms with Crippen LogP contribution >= 0.6 is 23.4 Å². The number of hydrogen-bond donors (Lipinski definition) is 0. The van der Waals surface area contributed by atoms with Crippen LogP contribution in [-0.2, 0) is 5.75 Å². The summed E-state index contributed by atoms with van der Waals surface area (Å²) in [5.41, 5.74) is 0.642. The Bertz CT molecular complexity index is 789. The van der Waals surface area contributed by atoms with Crippen LogP contribution in [0.4, 0.5) is 0 Å². The van der Waals surface area contributed by atoms with Gasteiger partial charge in [0.25, 0.3) is 11.1 Å². The van der Waals surface area contributed by atoms with Crippen molar-refractivity contribution in [3.63, 3.8) is 0 Å². The molecule has 0 bridgehead atoms. The van der Waals surface area contributed by atoms with Gasteiger partial charge in [0.05, 0.1) is 18.4 Å². The first kappa shape index (κ1) is 14.9. The van der Waals surface area contributed by atoms with E-state index < -0.39 is 0 Å². The average Bonchev–Trinajstić information content (AvgIpc) is 3.14. The summed E-state index contributed by atoms with van der Waals surface area (Å²) in [5, 5.41) is 16.6. The number of aryl methyl sites for hydroxylation is 1. The van der Waals surface area contributed by atoms with Crippen LogP contribution in [0.5, 0.6) is 5.75 Å². The van der Waals surface area contributed by atoms with E-state index in [0.717, 1.165) is 0 Å². The highest BCUT2D eigenvalue weighted by Gasteiger charge is 2.15. The van der Waals surface area contributed by atoms with Gasteiger partial charge < -0.3 is 13.6 Å². The predicted molar refractivity (Wildman–Crippen MR) is 79.9 cm³/mol. The van der Waals surface area contributed by atoms with Gasteiger partial charge in [0.1, 0.15) is 5.75 Å². The molecule has 0 saturated heterocycles. The largest absolute Gasteiger partial charge is 0.496 e. The van der Waals surface area contributed by atoms with Crippen molar-refractivity contribution in [1.29, 1.82) is 0 Å². The van der Waals surface area contributed by atoms with Gasteiger partial charge in [-0.25, -0.2) is 0 Å². The molecule has 3 rings (SSSR count). The minimum Gasteiger partial charge on any atom is -0.496 e. The van der Waals surface area contributed by atoms with Crippen LogP contribution in [0.3, 0.4) is 0 Å². The van der Waals surface area contributed by atoms with Crippen LogP contribution in [0.15, 0.2) is 32.3 Å². The first-order chi connectivity index (χ1) is 10.7. The zero-order chi connectivity index (χ0) is 15.5. The molecule has 3 aromatic rings. The summed E-state index contributed by atoms with van der Waals surface area (Å²) in [4.78, 5) is 0. The fourth-order valence-electron chi connectivity index (χ4n) is 1.74. The molecule has 0 radical (unpaired) electrons. The molecule has 0 aliphatic carbocycles. The van der Waals surface area contributed by atoms with Gasteiger partial charge in [0, 0.05) is 11.9 Å². The quantitative estimate of drug-likeness (QED) is 0.654. The van der Waals surface area contributed by atoms with Crippen molar-refractivity contribution < 1.29 is 13.6 Å². The van der Waals surface area contributed by atoms with Crippen molar-refractivity contribution in [3.8, 4) is 17.2 Å². The molecule has 9 heteroatoms. The lowest BCUT2D eigenvalue weighted by molar-refractivity contribution is 0.411. The van der Waals surface area contributed by atoms with Crippen molar-refractivity contribution in [2.75, 3.05) is 7.11 Å². The number of hydrogen-bond acceptors (Lipinski definition) is 8. The van der Waals surface area contributed by atoms with Crippen molar-refractivity contribution in [1.82, 2.24) is 20.4 Å². The van der Waals surface area contributed by atoms with Gasteiger partial charge in [-0.05, 0) is 18.2 Å². The van der Waals surface area contributed by atoms with E-state index in [9.17, 15) is 0 Å². The number of thioether (sulfide) groups is 1. The van der Waals surface area contributed by atoms with Gasteiger partial charge in [-0.1, -0.05) is 23.4 Å². The third-order valence-electron chi connectivity index (χ3n) is 2.69. The van der Waals surface area contributed by atoms with Crippen molar-refractivity contribution in [2.24, 2.45) is 0 Å². The highest BCUT2D eigenvalue weighted by molar-refractivity contribution is 7.98. The molecule has 22 heavy (non-hydrogen) atoms. The number of benzene rings is 1.